The van der Waals surface area contributed by atoms with Gasteiger partial charge in [0.15, 0.2) is 22.2 Å². The zero-order valence-electron chi connectivity index (χ0n) is 15.6. The lowest BCUT2D eigenvalue weighted by Gasteiger charge is -2.17. The van der Waals surface area contributed by atoms with Crippen molar-refractivity contribution in [3.05, 3.63) is 0 Å². The van der Waals surface area contributed by atoms with Crippen LogP contribution in [0.15, 0.2) is 0 Å². The van der Waals surface area contributed by atoms with Gasteiger partial charge < -0.3 is 9.11 Å². The number of unbranched alkanes of at least 4 members (excludes halogenated alkanes) is 8. The van der Waals surface area contributed by atoms with Gasteiger partial charge in [0.1, 0.15) is 0 Å². The van der Waals surface area contributed by atoms with Crippen LogP contribution in [-0.2, 0) is 22.2 Å². The Balaban J connectivity index is 4.10. The Labute approximate surface area is 154 Å². The minimum absolute atomic E-state index is 0.252. The Bertz CT molecular complexity index is 305. The van der Waals surface area contributed by atoms with Gasteiger partial charge in [-0.05, 0) is 25.7 Å². The molecular formula is C18H38O4S2. The molecule has 0 spiro atoms. The molecule has 0 amide bonds. The number of hydrogen-bond acceptors (Lipinski definition) is 2. The third kappa shape index (κ3) is 13.5. The van der Waals surface area contributed by atoms with E-state index in [1.807, 2.05) is 0 Å². The van der Waals surface area contributed by atoms with Crippen LogP contribution in [0.1, 0.15) is 104 Å². The predicted octanol–water partition coefficient (Wildman–Crippen LogP) is 5.67. The molecule has 0 saturated heterocycles. The van der Waals surface area contributed by atoms with Crippen LogP contribution in [-0.4, -0.2) is 28.0 Å². The van der Waals surface area contributed by atoms with Crippen LogP contribution < -0.4 is 0 Å². The van der Waals surface area contributed by atoms with Crippen molar-refractivity contribution >= 4 is 22.2 Å². The Morgan fingerprint density at radius 1 is 0.583 bits per heavy atom. The Kier molecular flexibility index (Phi) is 16.8. The van der Waals surface area contributed by atoms with Crippen molar-refractivity contribution in [2.24, 2.45) is 0 Å². The lowest BCUT2D eigenvalue weighted by molar-refractivity contribution is 0.482. The zero-order valence-corrected chi connectivity index (χ0v) is 17.2. The van der Waals surface area contributed by atoms with Crippen molar-refractivity contribution in [3.8, 4) is 0 Å². The van der Waals surface area contributed by atoms with Gasteiger partial charge in [-0.3, -0.25) is 0 Å². The van der Waals surface area contributed by atoms with Crippen LogP contribution in [0.25, 0.3) is 0 Å². The summed E-state index contributed by atoms with van der Waals surface area (Å²) in [5.41, 5.74) is 0. The minimum atomic E-state index is -1.83. The highest BCUT2D eigenvalue weighted by molar-refractivity contribution is 7.80. The number of rotatable bonds is 17. The average Bonchev–Trinajstić information content (AvgIpc) is 2.54. The first-order valence-electron chi connectivity index (χ1n) is 9.72. The van der Waals surface area contributed by atoms with Gasteiger partial charge in [-0.2, -0.15) is 0 Å². The summed E-state index contributed by atoms with van der Waals surface area (Å²) in [6.45, 7) is 4.34. The molecule has 4 atom stereocenters. The van der Waals surface area contributed by atoms with Gasteiger partial charge in [0.05, 0.1) is 10.5 Å². The topological polar surface area (TPSA) is 74.6 Å². The van der Waals surface area contributed by atoms with E-state index in [1.165, 1.54) is 38.5 Å². The molecule has 0 aliphatic carbocycles. The summed E-state index contributed by atoms with van der Waals surface area (Å²) < 4.78 is 42.0. The Hall–Kier alpha value is 0.220. The van der Waals surface area contributed by atoms with Crippen LogP contribution in [0.5, 0.6) is 0 Å². The first-order chi connectivity index (χ1) is 11.5. The van der Waals surface area contributed by atoms with Gasteiger partial charge in [-0.1, -0.05) is 78.1 Å². The molecule has 24 heavy (non-hydrogen) atoms. The third-order valence-electron chi connectivity index (χ3n) is 4.64. The quantitative estimate of drug-likeness (QED) is 0.251. The molecule has 0 heterocycles. The maximum atomic E-state index is 11.5. The molecule has 0 saturated carbocycles. The van der Waals surface area contributed by atoms with E-state index in [2.05, 4.69) is 13.8 Å². The lowest BCUT2D eigenvalue weighted by atomic mass is 10.0. The van der Waals surface area contributed by atoms with Crippen molar-refractivity contribution in [3.63, 3.8) is 0 Å². The van der Waals surface area contributed by atoms with Gasteiger partial charge in [0, 0.05) is 0 Å². The van der Waals surface area contributed by atoms with Gasteiger partial charge in [0.2, 0.25) is 0 Å². The molecule has 2 N–H and O–H groups in total. The van der Waals surface area contributed by atoms with Crippen LogP contribution in [0, 0.1) is 0 Å². The second-order valence-electron chi connectivity index (χ2n) is 6.78. The third-order valence-corrected chi connectivity index (χ3v) is 6.72. The van der Waals surface area contributed by atoms with Crippen molar-refractivity contribution in [1.82, 2.24) is 0 Å². The smallest absolute Gasteiger partial charge is 0.155 e. The fraction of sp³-hybridized carbons (Fsp3) is 1.00. The van der Waals surface area contributed by atoms with E-state index in [9.17, 15) is 17.5 Å². The molecule has 4 unspecified atom stereocenters. The molecule has 0 aromatic heterocycles. The summed E-state index contributed by atoms with van der Waals surface area (Å²) in [6.07, 6.45) is 14.0. The average molecular weight is 383 g/mol. The zero-order chi connectivity index (χ0) is 18.2. The molecule has 0 aromatic rings. The van der Waals surface area contributed by atoms with E-state index >= 15 is 0 Å². The lowest BCUT2D eigenvalue weighted by Crippen LogP contribution is -2.21. The molecule has 4 nitrogen and oxygen atoms in total. The summed E-state index contributed by atoms with van der Waals surface area (Å²) >= 11 is -3.66. The van der Waals surface area contributed by atoms with Crippen LogP contribution in [0.3, 0.4) is 0 Å². The standard InChI is InChI=1S/C18H38O4S2/c1-3-5-7-9-11-13-17(23(19)20)15-16-18(24(21)22)14-12-10-8-6-4-2/h17-18H,3-16H2,1-2H3,(H,19,20)(H,21,22). The molecule has 0 aromatic carbocycles. The number of hydrogen-bond donors (Lipinski definition) is 2. The second kappa shape index (κ2) is 16.7. The highest BCUT2D eigenvalue weighted by Gasteiger charge is 2.20. The molecule has 0 rings (SSSR count). The maximum Gasteiger partial charge on any atom is 0.155 e. The largest absolute Gasteiger partial charge is 0.306 e. The van der Waals surface area contributed by atoms with Crippen LogP contribution in [0.4, 0.5) is 0 Å². The first-order valence-corrected chi connectivity index (χ1v) is 12.1. The van der Waals surface area contributed by atoms with E-state index in [4.69, 9.17) is 0 Å². The van der Waals surface area contributed by atoms with E-state index in [0.717, 1.165) is 38.5 Å². The molecular weight excluding hydrogens is 344 g/mol. The van der Waals surface area contributed by atoms with Crippen molar-refractivity contribution in [2.75, 3.05) is 0 Å². The highest BCUT2D eigenvalue weighted by Crippen LogP contribution is 2.20. The molecule has 0 radical (unpaired) electrons. The summed E-state index contributed by atoms with van der Waals surface area (Å²) in [5.74, 6) is 0. The first kappa shape index (κ1) is 24.2. The highest BCUT2D eigenvalue weighted by atomic mass is 32.2. The summed E-state index contributed by atoms with van der Waals surface area (Å²) in [5, 5.41) is -0.504. The molecule has 0 aliphatic heterocycles. The summed E-state index contributed by atoms with van der Waals surface area (Å²) in [4.78, 5) is 0. The van der Waals surface area contributed by atoms with E-state index in [-0.39, 0.29) is 10.5 Å². The SMILES string of the molecule is CCCCCCCC(CCC(CCCCCCC)S(=O)O)S(=O)O. The van der Waals surface area contributed by atoms with E-state index in [1.54, 1.807) is 0 Å². The minimum Gasteiger partial charge on any atom is -0.306 e. The second-order valence-corrected chi connectivity index (χ2v) is 9.22. The monoisotopic (exact) mass is 382 g/mol. The normalized spacial score (nSPS) is 16.7. The summed E-state index contributed by atoms with van der Waals surface area (Å²) in [6, 6.07) is 0. The predicted molar refractivity (Wildman–Crippen MR) is 105 cm³/mol. The van der Waals surface area contributed by atoms with Gasteiger partial charge in [-0.15, -0.1) is 0 Å². The molecule has 0 fully saturated rings. The van der Waals surface area contributed by atoms with E-state index in [0.29, 0.717) is 12.8 Å². The summed E-state index contributed by atoms with van der Waals surface area (Å²) in [7, 11) is 0. The molecule has 0 aliphatic rings. The van der Waals surface area contributed by atoms with Crippen molar-refractivity contribution < 1.29 is 17.5 Å². The maximum absolute atomic E-state index is 11.5. The Morgan fingerprint density at radius 2 is 0.917 bits per heavy atom. The molecule has 0 bridgehead atoms. The van der Waals surface area contributed by atoms with Crippen molar-refractivity contribution in [2.45, 2.75) is 114 Å². The molecule has 6 heteroatoms. The van der Waals surface area contributed by atoms with E-state index < -0.39 is 22.2 Å². The Morgan fingerprint density at radius 3 is 1.21 bits per heavy atom. The van der Waals surface area contributed by atoms with Crippen LogP contribution >= 0.6 is 0 Å². The molecule has 146 valence electrons. The fourth-order valence-corrected chi connectivity index (χ4v) is 4.43. The van der Waals surface area contributed by atoms with Gasteiger partial charge >= 0.3 is 0 Å². The fourth-order valence-electron chi connectivity index (χ4n) is 3.01. The van der Waals surface area contributed by atoms with Crippen molar-refractivity contribution in [1.29, 1.82) is 0 Å². The van der Waals surface area contributed by atoms with Crippen LogP contribution in [0.2, 0.25) is 0 Å². The van der Waals surface area contributed by atoms with Gasteiger partial charge in [-0.25, -0.2) is 8.42 Å². The van der Waals surface area contributed by atoms with Gasteiger partial charge in [0.25, 0.3) is 0 Å².